The lowest BCUT2D eigenvalue weighted by Gasteiger charge is -2.33. The maximum Gasteiger partial charge on any atom is 0.309 e. The maximum absolute atomic E-state index is 11.9. The number of hydrogen-bond donors (Lipinski definition) is 1. The van der Waals surface area contributed by atoms with Gasteiger partial charge in [-0.2, -0.15) is 0 Å². The normalized spacial score (nSPS) is 15.1. The van der Waals surface area contributed by atoms with Crippen LogP contribution in [0.5, 0.6) is 5.75 Å². The highest BCUT2D eigenvalue weighted by atomic mass is 127. The Bertz CT molecular complexity index is 585. The zero-order chi connectivity index (χ0) is 18.8. The lowest BCUT2D eigenvalue weighted by atomic mass is 9.97. The third kappa shape index (κ3) is 7.94. The highest BCUT2D eigenvalue weighted by Crippen LogP contribution is 2.18. The van der Waals surface area contributed by atoms with Crippen LogP contribution in [-0.4, -0.2) is 56.2 Å². The first-order chi connectivity index (χ1) is 12.6. The number of nitrogens with one attached hydrogen (secondary N) is 1. The lowest BCUT2D eigenvalue weighted by Crippen LogP contribution is -2.46. The number of ether oxygens (including phenoxy) is 2. The van der Waals surface area contributed by atoms with Gasteiger partial charge in [0.05, 0.1) is 19.1 Å². The quantitative estimate of drug-likeness (QED) is 0.210. The van der Waals surface area contributed by atoms with Gasteiger partial charge in [0.15, 0.2) is 5.96 Å². The van der Waals surface area contributed by atoms with E-state index >= 15 is 0 Å². The van der Waals surface area contributed by atoms with Crippen LogP contribution in [0.25, 0.3) is 0 Å². The van der Waals surface area contributed by atoms with Crippen LogP contribution < -0.4 is 10.1 Å². The average Bonchev–Trinajstić information content (AvgIpc) is 2.66. The fourth-order valence-electron chi connectivity index (χ4n) is 2.96. The standard InChI is InChI=1S/C20H31N3O3.HI/c1-4-21-20(22-12-15-26-18-8-6-16(3)7-9-18)23-13-10-17(11-14-23)19(24)25-5-2;/h6-9,17H,4-5,10-15H2,1-3H3,(H,21,22);1H. The van der Waals surface area contributed by atoms with Gasteiger partial charge in [-0.3, -0.25) is 4.79 Å². The van der Waals surface area contributed by atoms with Crippen molar-refractivity contribution < 1.29 is 14.3 Å². The fourth-order valence-corrected chi connectivity index (χ4v) is 2.96. The van der Waals surface area contributed by atoms with Crippen LogP contribution in [0.4, 0.5) is 0 Å². The maximum atomic E-state index is 11.9. The second-order valence-corrected chi connectivity index (χ2v) is 6.41. The van der Waals surface area contributed by atoms with Gasteiger partial charge in [0, 0.05) is 19.6 Å². The van der Waals surface area contributed by atoms with Crippen molar-refractivity contribution in [2.75, 3.05) is 39.4 Å². The van der Waals surface area contributed by atoms with Crippen molar-refractivity contribution in [3.8, 4) is 5.75 Å². The Hall–Kier alpha value is -1.51. The molecule has 1 saturated heterocycles. The summed E-state index contributed by atoms with van der Waals surface area (Å²) in [6.45, 7) is 9.99. The summed E-state index contributed by atoms with van der Waals surface area (Å²) in [5.74, 6) is 1.70. The Morgan fingerprint density at radius 3 is 2.48 bits per heavy atom. The van der Waals surface area contributed by atoms with E-state index in [0.29, 0.717) is 19.8 Å². The number of benzene rings is 1. The van der Waals surface area contributed by atoms with E-state index in [4.69, 9.17) is 9.47 Å². The number of hydrogen-bond acceptors (Lipinski definition) is 4. The van der Waals surface area contributed by atoms with E-state index in [2.05, 4.69) is 29.1 Å². The summed E-state index contributed by atoms with van der Waals surface area (Å²) in [5, 5.41) is 3.33. The molecule has 0 saturated carbocycles. The number of carbonyl (C=O) groups is 1. The summed E-state index contributed by atoms with van der Waals surface area (Å²) in [7, 11) is 0. The number of aryl methyl sites for hydroxylation is 1. The van der Waals surface area contributed by atoms with Gasteiger partial charge in [0.2, 0.25) is 0 Å². The zero-order valence-electron chi connectivity index (χ0n) is 16.6. The summed E-state index contributed by atoms with van der Waals surface area (Å²) in [6, 6.07) is 8.03. The van der Waals surface area contributed by atoms with E-state index in [-0.39, 0.29) is 35.9 Å². The molecule has 27 heavy (non-hydrogen) atoms. The van der Waals surface area contributed by atoms with Crippen LogP contribution >= 0.6 is 24.0 Å². The predicted octanol–water partition coefficient (Wildman–Crippen LogP) is 3.23. The van der Waals surface area contributed by atoms with Crippen LogP contribution in [0.15, 0.2) is 29.3 Å². The summed E-state index contributed by atoms with van der Waals surface area (Å²) in [5.41, 5.74) is 1.22. The molecule has 0 spiro atoms. The average molecular weight is 489 g/mol. The molecular formula is C20H32IN3O3. The van der Waals surface area contributed by atoms with Crippen molar-refractivity contribution in [2.24, 2.45) is 10.9 Å². The molecule has 1 aliphatic heterocycles. The van der Waals surface area contributed by atoms with E-state index in [9.17, 15) is 4.79 Å². The SMILES string of the molecule is CCNC(=NCCOc1ccc(C)cc1)N1CCC(C(=O)OCC)CC1.I. The highest BCUT2D eigenvalue weighted by Gasteiger charge is 2.27. The molecule has 0 bridgehead atoms. The molecule has 1 heterocycles. The monoisotopic (exact) mass is 489 g/mol. The van der Waals surface area contributed by atoms with Crippen molar-refractivity contribution in [1.29, 1.82) is 0 Å². The van der Waals surface area contributed by atoms with E-state index in [1.807, 2.05) is 31.2 Å². The molecule has 0 radical (unpaired) electrons. The second kappa shape index (κ2) is 12.8. The zero-order valence-corrected chi connectivity index (χ0v) is 18.9. The van der Waals surface area contributed by atoms with Gasteiger partial charge in [0.25, 0.3) is 0 Å². The van der Waals surface area contributed by atoms with Gasteiger partial charge >= 0.3 is 5.97 Å². The number of esters is 1. The topological polar surface area (TPSA) is 63.2 Å². The molecular weight excluding hydrogens is 457 g/mol. The van der Waals surface area contributed by atoms with Crippen molar-refractivity contribution >= 4 is 35.9 Å². The van der Waals surface area contributed by atoms with Crippen molar-refractivity contribution in [1.82, 2.24) is 10.2 Å². The third-order valence-electron chi connectivity index (χ3n) is 4.39. The molecule has 7 heteroatoms. The second-order valence-electron chi connectivity index (χ2n) is 6.41. The molecule has 0 aliphatic carbocycles. The number of halogens is 1. The molecule has 0 aromatic heterocycles. The Balaban J connectivity index is 0.00000364. The summed E-state index contributed by atoms with van der Waals surface area (Å²) < 4.78 is 10.9. The van der Waals surface area contributed by atoms with Crippen LogP contribution in [0.3, 0.4) is 0 Å². The number of carbonyl (C=O) groups excluding carboxylic acids is 1. The first kappa shape index (κ1) is 23.5. The van der Waals surface area contributed by atoms with Crippen molar-refractivity contribution in [2.45, 2.75) is 33.6 Å². The van der Waals surface area contributed by atoms with Gasteiger partial charge in [-0.1, -0.05) is 17.7 Å². The molecule has 1 aromatic carbocycles. The van der Waals surface area contributed by atoms with Crippen LogP contribution in [0.1, 0.15) is 32.3 Å². The third-order valence-corrected chi connectivity index (χ3v) is 4.39. The number of rotatable bonds is 7. The van der Waals surface area contributed by atoms with Crippen LogP contribution in [0.2, 0.25) is 0 Å². The van der Waals surface area contributed by atoms with Crippen molar-refractivity contribution in [3.05, 3.63) is 29.8 Å². The first-order valence-corrected chi connectivity index (χ1v) is 9.53. The largest absolute Gasteiger partial charge is 0.492 e. The predicted molar refractivity (Wildman–Crippen MR) is 119 cm³/mol. The minimum atomic E-state index is -0.0689. The van der Waals surface area contributed by atoms with E-state index in [1.165, 1.54) is 5.56 Å². The van der Waals surface area contributed by atoms with Gasteiger partial charge in [-0.15, -0.1) is 24.0 Å². The number of aliphatic imine (C=N–C) groups is 1. The summed E-state index contributed by atoms with van der Waals surface area (Å²) in [6.07, 6.45) is 1.62. The van der Waals surface area contributed by atoms with Gasteiger partial charge in [-0.25, -0.2) is 4.99 Å². The Morgan fingerprint density at radius 2 is 1.89 bits per heavy atom. The molecule has 2 rings (SSSR count). The number of guanidine groups is 1. The van der Waals surface area contributed by atoms with E-state index in [0.717, 1.165) is 44.2 Å². The van der Waals surface area contributed by atoms with E-state index in [1.54, 1.807) is 0 Å². The molecule has 0 atom stereocenters. The Kier molecular flexibility index (Phi) is 11.2. The number of nitrogens with zero attached hydrogens (tertiary/aromatic N) is 2. The lowest BCUT2D eigenvalue weighted by molar-refractivity contribution is -0.149. The number of piperidine rings is 1. The van der Waals surface area contributed by atoms with Gasteiger partial charge in [0.1, 0.15) is 12.4 Å². The smallest absolute Gasteiger partial charge is 0.309 e. The van der Waals surface area contributed by atoms with Crippen LogP contribution in [0, 0.1) is 12.8 Å². The molecule has 6 nitrogen and oxygen atoms in total. The molecule has 1 aliphatic rings. The molecule has 1 N–H and O–H groups in total. The van der Waals surface area contributed by atoms with Crippen LogP contribution in [-0.2, 0) is 9.53 Å². The molecule has 0 unspecified atom stereocenters. The molecule has 0 amide bonds. The minimum absolute atomic E-state index is 0. The minimum Gasteiger partial charge on any atom is -0.492 e. The first-order valence-electron chi connectivity index (χ1n) is 9.53. The van der Waals surface area contributed by atoms with Crippen molar-refractivity contribution in [3.63, 3.8) is 0 Å². The molecule has 1 fully saturated rings. The summed E-state index contributed by atoms with van der Waals surface area (Å²) >= 11 is 0. The molecule has 152 valence electrons. The van der Waals surface area contributed by atoms with E-state index < -0.39 is 0 Å². The summed E-state index contributed by atoms with van der Waals surface area (Å²) in [4.78, 5) is 18.7. The highest BCUT2D eigenvalue weighted by molar-refractivity contribution is 14.0. The Labute approximate surface area is 179 Å². The van der Waals surface area contributed by atoms with Gasteiger partial charge < -0.3 is 19.7 Å². The molecule has 1 aromatic rings. The van der Waals surface area contributed by atoms with Gasteiger partial charge in [-0.05, 0) is 45.7 Å². The fraction of sp³-hybridized carbons (Fsp3) is 0.600. The Morgan fingerprint density at radius 1 is 1.22 bits per heavy atom. The number of likely N-dealkylation sites (tertiary alicyclic amines) is 1.